The van der Waals surface area contributed by atoms with Crippen LogP contribution in [0.5, 0.6) is 0 Å². The Labute approximate surface area is 142 Å². The number of ether oxygens (including phenoxy) is 1. The van der Waals surface area contributed by atoms with E-state index in [9.17, 15) is 9.59 Å². The minimum atomic E-state index is -0.432. The fourth-order valence-corrected chi connectivity index (χ4v) is 2.82. The summed E-state index contributed by atoms with van der Waals surface area (Å²) in [7, 11) is 1.32. The number of thiophene rings is 1. The van der Waals surface area contributed by atoms with Gasteiger partial charge in [0.15, 0.2) is 0 Å². The zero-order chi connectivity index (χ0) is 16.9. The zero-order valence-electron chi connectivity index (χ0n) is 12.9. The lowest BCUT2D eigenvalue weighted by Gasteiger charge is -2.04. The van der Waals surface area contributed by atoms with E-state index in [1.54, 1.807) is 35.6 Å². The van der Waals surface area contributed by atoms with Gasteiger partial charge in [-0.15, -0.1) is 0 Å². The predicted octanol–water partition coefficient (Wildman–Crippen LogP) is 3.72. The van der Waals surface area contributed by atoms with Crippen LogP contribution in [0.4, 0.5) is 0 Å². The molecule has 0 unspecified atom stereocenters. The van der Waals surface area contributed by atoms with E-state index in [1.807, 2.05) is 29.0 Å². The highest BCUT2D eigenvalue weighted by molar-refractivity contribution is 7.08. The average Bonchev–Trinajstić information content (AvgIpc) is 3.30. The molecule has 6 heteroatoms. The van der Waals surface area contributed by atoms with E-state index in [0.717, 1.165) is 11.3 Å². The van der Waals surface area contributed by atoms with Crippen LogP contribution in [-0.4, -0.2) is 19.0 Å². The summed E-state index contributed by atoms with van der Waals surface area (Å²) >= 11 is 1.60. The summed E-state index contributed by atoms with van der Waals surface area (Å²) in [5, 5.41) is 6.78. The third-order valence-electron chi connectivity index (χ3n) is 3.46. The number of amides is 1. The smallest absolute Gasteiger partial charge is 0.337 e. The van der Waals surface area contributed by atoms with Crippen molar-refractivity contribution in [2.24, 2.45) is 0 Å². The summed E-state index contributed by atoms with van der Waals surface area (Å²) in [4.78, 5) is 23.5. The second kappa shape index (κ2) is 7.14. The molecule has 0 bridgehead atoms. The SMILES string of the molecule is COC(=O)c1ccc(C(=O)NCc2ccc(-c3ccsc3)o2)cc1. The number of hydrogen-bond acceptors (Lipinski definition) is 5. The predicted molar refractivity (Wildman–Crippen MR) is 91.0 cm³/mol. The number of hydrogen-bond donors (Lipinski definition) is 1. The molecule has 3 rings (SSSR count). The third kappa shape index (κ3) is 3.55. The van der Waals surface area contributed by atoms with Gasteiger partial charge < -0.3 is 14.5 Å². The number of rotatable bonds is 5. The Balaban J connectivity index is 1.60. The van der Waals surface area contributed by atoms with Gasteiger partial charge in [-0.1, -0.05) is 0 Å². The van der Waals surface area contributed by atoms with Gasteiger partial charge in [0.25, 0.3) is 5.91 Å². The number of carbonyl (C=O) groups excluding carboxylic acids is 2. The molecule has 1 N–H and O–H groups in total. The fraction of sp³-hybridized carbons (Fsp3) is 0.111. The lowest BCUT2D eigenvalue weighted by Crippen LogP contribution is -2.22. The minimum Gasteiger partial charge on any atom is -0.465 e. The van der Waals surface area contributed by atoms with Gasteiger partial charge in [-0.2, -0.15) is 11.3 Å². The van der Waals surface area contributed by atoms with Gasteiger partial charge in [-0.3, -0.25) is 4.79 Å². The van der Waals surface area contributed by atoms with Crippen LogP contribution in [0.3, 0.4) is 0 Å². The first-order valence-electron chi connectivity index (χ1n) is 7.25. The molecule has 0 aliphatic carbocycles. The van der Waals surface area contributed by atoms with Crippen molar-refractivity contribution in [3.8, 4) is 11.3 Å². The molecule has 0 spiro atoms. The number of carbonyl (C=O) groups is 2. The van der Waals surface area contributed by atoms with E-state index in [2.05, 4.69) is 10.1 Å². The Morgan fingerprint density at radius 1 is 1.08 bits per heavy atom. The lowest BCUT2D eigenvalue weighted by atomic mass is 10.1. The van der Waals surface area contributed by atoms with Crippen molar-refractivity contribution in [3.05, 3.63) is 70.1 Å². The van der Waals surface area contributed by atoms with Crippen molar-refractivity contribution >= 4 is 23.2 Å². The summed E-state index contributed by atoms with van der Waals surface area (Å²) in [6, 6.07) is 12.0. The highest BCUT2D eigenvalue weighted by atomic mass is 32.1. The molecule has 0 aliphatic heterocycles. The molecule has 0 atom stereocenters. The second-order valence-corrected chi connectivity index (χ2v) is 5.81. The van der Waals surface area contributed by atoms with Crippen molar-refractivity contribution in [2.75, 3.05) is 7.11 Å². The topological polar surface area (TPSA) is 68.5 Å². The Morgan fingerprint density at radius 3 is 2.50 bits per heavy atom. The molecule has 1 amide bonds. The van der Waals surface area contributed by atoms with Crippen molar-refractivity contribution < 1.29 is 18.7 Å². The number of benzene rings is 1. The van der Waals surface area contributed by atoms with Crippen LogP contribution in [0.2, 0.25) is 0 Å². The maximum absolute atomic E-state index is 12.1. The average molecular weight is 341 g/mol. The Morgan fingerprint density at radius 2 is 1.83 bits per heavy atom. The second-order valence-electron chi connectivity index (χ2n) is 5.03. The first kappa shape index (κ1) is 16.0. The summed E-state index contributed by atoms with van der Waals surface area (Å²) in [6.07, 6.45) is 0. The van der Waals surface area contributed by atoms with E-state index in [-0.39, 0.29) is 5.91 Å². The number of esters is 1. The van der Waals surface area contributed by atoms with Gasteiger partial charge in [-0.05, 0) is 47.8 Å². The van der Waals surface area contributed by atoms with Crippen LogP contribution in [0.1, 0.15) is 26.5 Å². The lowest BCUT2D eigenvalue weighted by molar-refractivity contribution is 0.0600. The monoisotopic (exact) mass is 341 g/mol. The molecule has 0 fully saturated rings. The third-order valence-corrected chi connectivity index (χ3v) is 4.14. The number of methoxy groups -OCH3 is 1. The maximum Gasteiger partial charge on any atom is 0.337 e. The molecule has 24 heavy (non-hydrogen) atoms. The first-order chi connectivity index (χ1) is 11.7. The summed E-state index contributed by atoms with van der Waals surface area (Å²) in [5.74, 6) is 0.789. The molecule has 0 saturated carbocycles. The van der Waals surface area contributed by atoms with Crippen LogP contribution in [-0.2, 0) is 11.3 Å². The molecule has 122 valence electrons. The van der Waals surface area contributed by atoms with Gasteiger partial charge in [0.1, 0.15) is 11.5 Å². The molecule has 2 aromatic heterocycles. The van der Waals surface area contributed by atoms with Crippen molar-refractivity contribution in [3.63, 3.8) is 0 Å². The van der Waals surface area contributed by atoms with Gasteiger partial charge in [0.2, 0.25) is 0 Å². The first-order valence-corrected chi connectivity index (χ1v) is 8.19. The fourth-order valence-electron chi connectivity index (χ4n) is 2.18. The highest BCUT2D eigenvalue weighted by Gasteiger charge is 2.10. The van der Waals surface area contributed by atoms with E-state index in [4.69, 9.17) is 4.42 Å². The van der Waals surface area contributed by atoms with Crippen LogP contribution in [0, 0.1) is 0 Å². The molecule has 0 radical (unpaired) electrons. The Bertz CT molecular complexity index is 834. The summed E-state index contributed by atoms with van der Waals surface area (Å²) in [5.41, 5.74) is 1.89. The number of furan rings is 1. The molecule has 5 nitrogen and oxygen atoms in total. The van der Waals surface area contributed by atoms with Gasteiger partial charge in [0.05, 0.1) is 19.2 Å². The van der Waals surface area contributed by atoms with E-state index >= 15 is 0 Å². The quantitative estimate of drug-likeness (QED) is 0.718. The van der Waals surface area contributed by atoms with Crippen molar-refractivity contribution in [1.29, 1.82) is 0 Å². The normalized spacial score (nSPS) is 10.4. The Hall–Kier alpha value is -2.86. The van der Waals surface area contributed by atoms with Crippen LogP contribution in [0.25, 0.3) is 11.3 Å². The van der Waals surface area contributed by atoms with Gasteiger partial charge in [0, 0.05) is 16.5 Å². The van der Waals surface area contributed by atoms with Gasteiger partial charge >= 0.3 is 5.97 Å². The standard InChI is InChI=1S/C18H15NO4S/c1-22-18(21)13-4-2-12(3-5-13)17(20)19-10-15-6-7-16(23-15)14-8-9-24-11-14/h2-9,11H,10H2,1H3,(H,19,20). The molecule has 0 aliphatic rings. The summed E-state index contributed by atoms with van der Waals surface area (Å²) in [6.45, 7) is 0.293. The molecular formula is C18H15NO4S. The number of nitrogens with one attached hydrogen (secondary N) is 1. The molecule has 3 aromatic rings. The molecular weight excluding hydrogens is 326 g/mol. The largest absolute Gasteiger partial charge is 0.465 e. The molecule has 1 aromatic carbocycles. The van der Waals surface area contributed by atoms with E-state index in [1.165, 1.54) is 7.11 Å². The minimum absolute atomic E-state index is 0.236. The highest BCUT2D eigenvalue weighted by Crippen LogP contribution is 2.24. The molecule has 0 saturated heterocycles. The zero-order valence-corrected chi connectivity index (χ0v) is 13.8. The van der Waals surface area contributed by atoms with Crippen LogP contribution >= 0.6 is 11.3 Å². The maximum atomic E-state index is 12.1. The van der Waals surface area contributed by atoms with E-state index < -0.39 is 5.97 Å². The van der Waals surface area contributed by atoms with E-state index in [0.29, 0.717) is 23.4 Å². The molecule has 2 heterocycles. The summed E-state index contributed by atoms with van der Waals surface area (Å²) < 4.78 is 10.3. The van der Waals surface area contributed by atoms with Crippen molar-refractivity contribution in [1.82, 2.24) is 5.32 Å². The van der Waals surface area contributed by atoms with Crippen LogP contribution < -0.4 is 5.32 Å². The Kier molecular flexibility index (Phi) is 4.77. The van der Waals surface area contributed by atoms with Crippen molar-refractivity contribution in [2.45, 2.75) is 6.54 Å². The van der Waals surface area contributed by atoms with Gasteiger partial charge in [-0.25, -0.2) is 4.79 Å². The van der Waals surface area contributed by atoms with Crippen LogP contribution in [0.15, 0.2) is 57.6 Å².